The molecule has 0 saturated carbocycles. The zero-order valence-electron chi connectivity index (χ0n) is 21.3. The van der Waals surface area contributed by atoms with Crippen LogP contribution in [0, 0.1) is 0 Å². The molecule has 1 aliphatic heterocycles. The summed E-state index contributed by atoms with van der Waals surface area (Å²) in [5, 5.41) is 15.4. The van der Waals surface area contributed by atoms with Crippen molar-refractivity contribution >= 4 is 62.4 Å². The lowest BCUT2D eigenvalue weighted by Crippen LogP contribution is -2.16. The van der Waals surface area contributed by atoms with Crippen molar-refractivity contribution in [2.75, 3.05) is 4.90 Å². The third-order valence-electron chi connectivity index (χ3n) is 7.79. The van der Waals surface area contributed by atoms with Crippen molar-refractivity contribution in [1.29, 1.82) is 0 Å². The number of aliphatic hydroxyl groups excluding tert-OH is 1. The standard InChI is InChI=1S/C35H22N2O2S/c38-33-27(34(39)32-26-11-4-2-9-24(26)23-8-1-3-10-25(23)31(32)33)20-21-15-17-22(18-16-21)37-28-12-5-6-13-29(28)40-30-14-7-19-36-35(30)37/h1-20,33,38H/b27-20+. The quantitative estimate of drug-likeness (QED) is 0.178. The van der Waals surface area contributed by atoms with Crippen molar-refractivity contribution in [1.82, 2.24) is 4.98 Å². The van der Waals surface area contributed by atoms with Gasteiger partial charge in [0.15, 0.2) is 11.6 Å². The van der Waals surface area contributed by atoms with E-state index in [-0.39, 0.29) is 5.78 Å². The highest BCUT2D eigenvalue weighted by Crippen LogP contribution is 2.50. The van der Waals surface area contributed by atoms with E-state index in [0.717, 1.165) is 49.2 Å². The van der Waals surface area contributed by atoms with Gasteiger partial charge in [0, 0.05) is 33.5 Å². The average Bonchev–Trinajstić information content (AvgIpc) is 3.26. The van der Waals surface area contributed by atoms with Gasteiger partial charge in [-0.3, -0.25) is 9.69 Å². The van der Waals surface area contributed by atoms with Crippen LogP contribution >= 0.6 is 11.8 Å². The van der Waals surface area contributed by atoms with Crippen molar-refractivity contribution in [3.63, 3.8) is 0 Å². The number of anilines is 3. The molecule has 0 radical (unpaired) electrons. The van der Waals surface area contributed by atoms with E-state index in [1.54, 1.807) is 11.8 Å². The Bertz CT molecular complexity index is 1980. The van der Waals surface area contributed by atoms with E-state index in [4.69, 9.17) is 0 Å². The van der Waals surface area contributed by atoms with E-state index in [1.165, 1.54) is 4.90 Å². The summed E-state index contributed by atoms with van der Waals surface area (Å²) < 4.78 is 0. The summed E-state index contributed by atoms with van der Waals surface area (Å²) in [6, 6.07) is 36.4. The van der Waals surface area contributed by atoms with Crippen LogP contribution in [0.1, 0.15) is 27.6 Å². The summed E-state index contributed by atoms with van der Waals surface area (Å²) in [7, 11) is 0. The topological polar surface area (TPSA) is 53.4 Å². The molecule has 0 amide bonds. The smallest absolute Gasteiger partial charge is 0.193 e. The Morgan fingerprint density at radius 2 is 1.38 bits per heavy atom. The van der Waals surface area contributed by atoms with E-state index in [2.05, 4.69) is 40.2 Å². The number of ketones is 1. The van der Waals surface area contributed by atoms with Gasteiger partial charge in [-0.2, -0.15) is 0 Å². The van der Waals surface area contributed by atoms with E-state index in [0.29, 0.717) is 16.7 Å². The summed E-state index contributed by atoms with van der Waals surface area (Å²) in [4.78, 5) is 22.9. The van der Waals surface area contributed by atoms with Gasteiger partial charge in [-0.05, 0) is 69.6 Å². The fraction of sp³-hybridized carbons (Fsp3) is 0.0286. The number of benzene rings is 5. The highest BCUT2D eigenvalue weighted by molar-refractivity contribution is 7.99. The fourth-order valence-electron chi connectivity index (χ4n) is 6.02. The van der Waals surface area contributed by atoms with Gasteiger partial charge >= 0.3 is 0 Å². The molecule has 0 fully saturated rings. The number of hydrogen-bond donors (Lipinski definition) is 1. The van der Waals surface area contributed by atoms with Crippen LogP contribution in [-0.2, 0) is 0 Å². The molecule has 2 heterocycles. The van der Waals surface area contributed by atoms with Crippen LogP contribution in [0.15, 0.2) is 131 Å². The first-order chi connectivity index (χ1) is 19.7. The molecule has 1 aromatic heterocycles. The predicted molar refractivity (Wildman–Crippen MR) is 162 cm³/mol. The molecule has 40 heavy (non-hydrogen) atoms. The molecule has 8 rings (SSSR count). The van der Waals surface area contributed by atoms with Gasteiger partial charge in [-0.25, -0.2) is 4.98 Å². The molecule has 1 aliphatic carbocycles. The number of para-hydroxylation sites is 1. The first kappa shape index (κ1) is 23.2. The number of Topliss-reactive ketones (excluding diaryl/α,β-unsaturated/α-hetero) is 1. The first-order valence-corrected chi connectivity index (χ1v) is 14.0. The number of carbonyl (C=O) groups excluding carboxylic acids is 1. The molecule has 0 saturated heterocycles. The molecule has 1 N–H and O–H groups in total. The number of nitrogens with zero attached hydrogens (tertiary/aromatic N) is 2. The summed E-state index contributed by atoms with van der Waals surface area (Å²) >= 11 is 1.72. The van der Waals surface area contributed by atoms with Crippen LogP contribution in [0.3, 0.4) is 0 Å². The third kappa shape index (κ3) is 3.38. The second-order valence-corrected chi connectivity index (χ2v) is 11.1. The van der Waals surface area contributed by atoms with E-state index < -0.39 is 6.10 Å². The van der Waals surface area contributed by atoms with Crippen LogP contribution in [0.4, 0.5) is 17.2 Å². The Hall–Kier alpha value is -4.71. The molecule has 0 bridgehead atoms. The zero-order chi connectivity index (χ0) is 26.8. The normalized spacial score (nSPS) is 16.8. The Morgan fingerprint density at radius 3 is 2.17 bits per heavy atom. The fourth-order valence-corrected chi connectivity index (χ4v) is 7.05. The van der Waals surface area contributed by atoms with Crippen LogP contribution in [-0.4, -0.2) is 15.9 Å². The van der Waals surface area contributed by atoms with E-state index >= 15 is 0 Å². The third-order valence-corrected chi connectivity index (χ3v) is 8.90. The van der Waals surface area contributed by atoms with E-state index in [1.807, 2.05) is 91.1 Å². The van der Waals surface area contributed by atoms with Crippen molar-refractivity contribution in [3.8, 4) is 0 Å². The van der Waals surface area contributed by atoms with Crippen LogP contribution in [0.5, 0.6) is 0 Å². The van der Waals surface area contributed by atoms with Crippen molar-refractivity contribution in [2.45, 2.75) is 15.9 Å². The second-order valence-electron chi connectivity index (χ2n) is 10.0. The number of hydrogen-bond acceptors (Lipinski definition) is 5. The summed E-state index contributed by atoms with van der Waals surface area (Å²) in [6.45, 7) is 0. The summed E-state index contributed by atoms with van der Waals surface area (Å²) in [6.07, 6.45) is 2.66. The largest absolute Gasteiger partial charge is 0.383 e. The Kier molecular flexibility index (Phi) is 5.17. The lowest BCUT2D eigenvalue weighted by molar-refractivity contribution is 0.102. The van der Waals surface area contributed by atoms with Crippen molar-refractivity contribution < 1.29 is 9.90 Å². The average molecular weight is 535 g/mol. The number of fused-ring (bicyclic) bond motifs is 8. The van der Waals surface area contributed by atoms with Crippen molar-refractivity contribution in [3.05, 3.63) is 138 Å². The maximum Gasteiger partial charge on any atom is 0.193 e. The van der Waals surface area contributed by atoms with Gasteiger partial charge in [-0.1, -0.05) is 84.6 Å². The lowest BCUT2D eigenvalue weighted by atomic mass is 9.92. The number of pyridine rings is 1. The van der Waals surface area contributed by atoms with Gasteiger partial charge in [0.1, 0.15) is 6.10 Å². The highest BCUT2D eigenvalue weighted by atomic mass is 32.2. The molecule has 5 aromatic carbocycles. The number of aliphatic hydroxyl groups is 1. The minimum Gasteiger partial charge on any atom is -0.383 e. The molecule has 4 nitrogen and oxygen atoms in total. The van der Waals surface area contributed by atoms with Crippen LogP contribution < -0.4 is 4.90 Å². The minimum absolute atomic E-state index is 0.117. The summed E-state index contributed by atoms with van der Waals surface area (Å²) in [5.41, 5.74) is 4.63. The number of carbonyl (C=O) groups is 1. The van der Waals surface area contributed by atoms with Gasteiger partial charge in [0.2, 0.25) is 0 Å². The molecule has 6 aromatic rings. The van der Waals surface area contributed by atoms with Gasteiger partial charge < -0.3 is 5.11 Å². The summed E-state index contributed by atoms with van der Waals surface area (Å²) in [5.74, 6) is 0.779. The zero-order valence-corrected chi connectivity index (χ0v) is 22.1. The van der Waals surface area contributed by atoms with Crippen molar-refractivity contribution in [2.24, 2.45) is 0 Å². The molecular formula is C35H22N2O2S. The Morgan fingerprint density at radius 1 is 0.725 bits per heavy atom. The minimum atomic E-state index is -0.987. The Labute approximate surface area is 235 Å². The van der Waals surface area contributed by atoms with E-state index in [9.17, 15) is 9.90 Å². The molecule has 1 unspecified atom stereocenters. The SMILES string of the molecule is O=C1/C(=C/c2ccc(N3c4ccccc4Sc4cccnc43)cc2)C(O)c2c1c1ccccc1c1ccccc21. The highest BCUT2D eigenvalue weighted by Gasteiger charge is 2.36. The maximum absolute atomic E-state index is 13.8. The van der Waals surface area contributed by atoms with Gasteiger partial charge in [-0.15, -0.1) is 0 Å². The lowest BCUT2D eigenvalue weighted by Gasteiger charge is -2.31. The van der Waals surface area contributed by atoms with Gasteiger partial charge in [0.25, 0.3) is 0 Å². The van der Waals surface area contributed by atoms with Crippen LogP contribution in [0.2, 0.25) is 0 Å². The monoisotopic (exact) mass is 534 g/mol. The molecule has 5 heteroatoms. The Balaban J connectivity index is 1.22. The second kappa shape index (κ2) is 8.91. The van der Waals surface area contributed by atoms with Crippen LogP contribution in [0.25, 0.3) is 27.6 Å². The maximum atomic E-state index is 13.8. The molecule has 1 atom stereocenters. The van der Waals surface area contributed by atoms with Gasteiger partial charge in [0.05, 0.1) is 10.6 Å². The predicted octanol–water partition coefficient (Wildman–Crippen LogP) is 8.64. The molecule has 0 spiro atoms. The number of rotatable bonds is 2. The first-order valence-electron chi connectivity index (χ1n) is 13.2. The molecular weight excluding hydrogens is 512 g/mol. The molecule has 190 valence electrons. The number of aromatic nitrogens is 1. The molecule has 2 aliphatic rings.